The van der Waals surface area contributed by atoms with Gasteiger partial charge in [-0.05, 0) is 30.7 Å². The molecule has 0 saturated heterocycles. The Labute approximate surface area is 183 Å². The summed E-state index contributed by atoms with van der Waals surface area (Å²) >= 11 is 6.13. The van der Waals surface area contributed by atoms with E-state index in [1.54, 1.807) is 18.2 Å². The van der Waals surface area contributed by atoms with E-state index >= 15 is 0 Å². The molecule has 0 unspecified atom stereocenters. The van der Waals surface area contributed by atoms with Gasteiger partial charge in [0.1, 0.15) is 0 Å². The van der Waals surface area contributed by atoms with Crippen LogP contribution in [0.4, 0.5) is 5.95 Å². The molecule has 2 amide bonds. The standard InChI is InChI=1S/C21H22ClN5O4/c1-14-7-8-19-17(11-14)20(30)25-21(24-19)27(13-28)31-10-9-26(15(2)29)23-12-16-5-3-4-6-18(16)22/h3-8,11,13,23H,9-10,12H2,1-2H3,(H,24,25,30). The molecule has 0 radical (unpaired) electrons. The topological polar surface area (TPSA) is 108 Å². The van der Waals surface area contributed by atoms with Crippen molar-refractivity contribution < 1.29 is 14.4 Å². The van der Waals surface area contributed by atoms with Crippen molar-refractivity contribution in [2.45, 2.75) is 20.4 Å². The average Bonchev–Trinajstić information content (AvgIpc) is 2.74. The van der Waals surface area contributed by atoms with E-state index in [4.69, 9.17) is 16.4 Å². The van der Waals surface area contributed by atoms with Crippen molar-refractivity contribution in [2.24, 2.45) is 0 Å². The van der Waals surface area contributed by atoms with Crippen molar-refractivity contribution in [2.75, 3.05) is 18.2 Å². The van der Waals surface area contributed by atoms with E-state index in [1.807, 2.05) is 31.2 Å². The first-order chi connectivity index (χ1) is 14.9. The number of nitrogens with one attached hydrogen (secondary N) is 2. The third-order valence-electron chi connectivity index (χ3n) is 4.50. The maximum atomic E-state index is 12.3. The normalized spacial score (nSPS) is 10.8. The van der Waals surface area contributed by atoms with E-state index in [0.717, 1.165) is 16.2 Å². The average molecular weight is 444 g/mol. The van der Waals surface area contributed by atoms with Crippen molar-refractivity contribution in [3.8, 4) is 0 Å². The van der Waals surface area contributed by atoms with Crippen LogP contribution in [0.3, 0.4) is 0 Å². The summed E-state index contributed by atoms with van der Waals surface area (Å²) in [7, 11) is 0. The number of hydrogen-bond donors (Lipinski definition) is 2. The van der Waals surface area contributed by atoms with Crippen molar-refractivity contribution in [3.05, 3.63) is 69.0 Å². The van der Waals surface area contributed by atoms with Gasteiger partial charge in [-0.25, -0.2) is 10.4 Å². The van der Waals surface area contributed by atoms with Gasteiger partial charge in [0.05, 0.1) is 24.1 Å². The number of fused-ring (bicyclic) bond motifs is 1. The summed E-state index contributed by atoms with van der Waals surface area (Å²) in [6.07, 6.45) is 0.396. The number of hydroxylamine groups is 1. The fourth-order valence-electron chi connectivity index (χ4n) is 2.89. The minimum absolute atomic E-state index is 0.0243. The Morgan fingerprint density at radius 3 is 2.77 bits per heavy atom. The monoisotopic (exact) mass is 443 g/mol. The molecule has 0 aliphatic carbocycles. The zero-order chi connectivity index (χ0) is 22.4. The Balaban J connectivity index is 1.64. The number of aryl methyl sites for hydroxylation is 1. The maximum Gasteiger partial charge on any atom is 0.260 e. The van der Waals surface area contributed by atoms with Crippen LogP contribution in [-0.2, 0) is 21.0 Å². The number of aromatic nitrogens is 2. The minimum atomic E-state index is -0.383. The Kier molecular flexibility index (Phi) is 7.35. The van der Waals surface area contributed by atoms with Gasteiger partial charge in [0.15, 0.2) is 0 Å². The summed E-state index contributed by atoms with van der Waals surface area (Å²) in [6.45, 7) is 3.73. The Morgan fingerprint density at radius 1 is 1.29 bits per heavy atom. The molecule has 31 heavy (non-hydrogen) atoms. The molecular formula is C21H22ClN5O4. The highest BCUT2D eigenvalue weighted by molar-refractivity contribution is 6.31. The summed E-state index contributed by atoms with van der Waals surface area (Å²) in [5.74, 6) is -0.282. The summed E-state index contributed by atoms with van der Waals surface area (Å²) in [5, 5.41) is 3.18. The number of anilines is 1. The first kappa shape index (κ1) is 22.4. The van der Waals surface area contributed by atoms with Crippen LogP contribution >= 0.6 is 11.6 Å². The number of amides is 2. The zero-order valence-corrected chi connectivity index (χ0v) is 17.8. The second kappa shape index (κ2) is 10.2. The number of aromatic amines is 1. The number of carbonyl (C=O) groups excluding carboxylic acids is 2. The molecule has 1 aromatic heterocycles. The lowest BCUT2D eigenvalue weighted by Crippen LogP contribution is -2.44. The van der Waals surface area contributed by atoms with Gasteiger partial charge in [0.2, 0.25) is 18.3 Å². The smallest absolute Gasteiger partial charge is 0.260 e. The predicted molar refractivity (Wildman–Crippen MR) is 117 cm³/mol. The van der Waals surface area contributed by atoms with Crippen molar-refractivity contribution in [1.82, 2.24) is 20.4 Å². The molecule has 3 rings (SSSR count). The van der Waals surface area contributed by atoms with Gasteiger partial charge in [-0.3, -0.25) is 29.2 Å². The van der Waals surface area contributed by atoms with Gasteiger partial charge in [0.25, 0.3) is 5.56 Å². The maximum absolute atomic E-state index is 12.3. The van der Waals surface area contributed by atoms with Crippen LogP contribution in [0.5, 0.6) is 0 Å². The molecule has 0 aliphatic heterocycles. The molecule has 2 N–H and O–H groups in total. The number of hydrazine groups is 1. The number of carbonyl (C=O) groups is 2. The van der Waals surface area contributed by atoms with Crippen LogP contribution in [0, 0.1) is 6.92 Å². The van der Waals surface area contributed by atoms with Crippen LogP contribution in [0.15, 0.2) is 47.3 Å². The molecule has 10 heteroatoms. The molecule has 162 valence electrons. The van der Waals surface area contributed by atoms with Gasteiger partial charge in [0, 0.05) is 18.5 Å². The largest absolute Gasteiger partial charge is 0.290 e. The fourth-order valence-corrected chi connectivity index (χ4v) is 3.09. The van der Waals surface area contributed by atoms with Gasteiger partial charge < -0.3 is 0 Å². The lowest BCUT2D eigenvalue weighted by molar-refractivity contribution is -0.133. The van der Waals surface area contributed by atoms with Crippen LogP contribution in [0.1, 0.15) is 18.1 Å². The second-order valence-electron chi connectivity index (χ2n) is 6.77. The number of rotatable bonds is 9. The van der Waals surface area contributed by atoms with E-state index in [-0.39, 0.29) is 30.6 Å². The van der Waals surface area contributed by atoms with Crippen molar-refractivity contribution >= 4 is 40.8 Å². The van der Waals surface area contributed by atoms with E-state index in [2.05, 4.69) is 15.4 Å². The fraction of sp³-hybridized carbons (Fsp3) is 0.238. The summed E-state index contributed by atoms with van der Waals surface area (Å²) in [6, 6.07) is 12.5. The van der Waals surface area contributed by atoms with E-state index < -0.39 is 0 Å². The molecule has 0 atom stereocenters. The highest BCUT2D eigenvalue weighted by atomic mass is 35.5. The first-order valence-electron chi connectivity index (χ1n) is 9.52. The minimum Gasteiger partial charge on any atom is -0.290 e. The number of benzene rings is 2. The molecule has 0 bridgehead atoms. The Morgan fingerprint density at radius 2 is 2.06 bits per heavy atom. The molecule has 0 aliphatic rings. The van der Waals surface area contributed by atoms with Gasteiger partial charge in [-0.2, -0.15) is 5.06 Å². The number of nitrogens with zero attached hydrogens (tertiary/aromatic N) is 3. The molecule has 0 fully saturated rings. The number of H-pyrrole nitrogens is 1. The molecule has 3 aromatic rings. The van der Waals surface area contributed by atoms with Gasteiger partial charge in [-0.1, -0.05) is 41.4 Å². The molecular weight excluding hydrogens is 422 g/mol. The van der Waals surface area contributed by atoms with Gasteiger partial charge in [-0.15, -0.1) is 0 Å². The highest BCUT2D eigenvalue weighted by Gasteiger charge is 2.14. The summed E-state index contributed by atoms with van der Waals surface area (Å²) < 4.78 is 0. The third-order valence-corrected chi connectivity index (χ3v) is 4.87. The number of halogens is 1. The quantitative estimate of drug-likeness (QED) is 0.388. The third kappa shape index (κ3) is 5.66. The molecule has 1 heterocycles. The molecule has 2 aromatic carbocycles. The number of hydrogen-bond acceptors (Lipinski definition) is 6. The highest BCUT2D eigenvalue weighted by Crippen LogP contribution is 2.15. The second-order valence-corrected chi connectivity index (χ2v) is 7.18. The zero-order valence-electron chi connectivity index (χ0n) is 17.1. The summed E-state index contributed by atoms with van der Waals surface area (Å²) in [4.78, 5) is 48.0. The van der Waals surface area contributed by atoms with E-state index in [9.17, 15) is 14.4 Å². The lowest BCUT2D eigenvalue weighted by atomic mass is 10.2. The molecule has 0 saturated carbocycles. The molecule has 9 nitrogen and oxygen atoms in total. The van der Waals surface area contributed by atoms with Crippen LogP contribution in [0.25, 0.3) is 10.9 Å². The van der Waals surface area contributed by atoms with Crippen molar-refractivity contribution in [1.29, 1.82) is 0 Å². The van der Waals surface area contributed by atoms with Crippen molar-refractivity contribution in [3.63, 3.8) is 0 Å². The SMILES string of the molecule is CC(=O)N(CCON(C=O)c1nc2ccc(C)cc2c(=O)[nH]1)NCc1ccccc1Cl. The van der Waals surface area contributed by atoms with Crippen LogP contribution in [0.2, 0.25) is 5.02 Å². The lowest BCUT2D eigenvalue weighted by Gasteiger charge is -2.23. The van der Waals surface area contributed by atoms with Crippen LogP contribution < -0.4 is 16.0 Å². The van der Waals surface area contributed by atoms with Gasteiger partial charge >= 0.3 is 0 Å². The van der Waals surface area contributed by atoms with Crippen LogP contribution in [-0.4, -0.2) is 40.4 Å². The predicted octanol–water partition coefficient (Wildman–Crippen LogP) is 2.33. The summed E-state index contributed by atoms with van der Waals surface area (Å²) in [5.41, 5.74) is 4.79. The Bertz CT molecular complexity index is 1150. The van der Waals surface area contributed by atoms with E-state index in [0.29, 0.717) is 28.9 Å². The molecule has 0 spiro atoms. The Hall–Kier alpha value is -3.27. The van der Waals surface area contributed by atoms with E-state index in [1.165, 1.54) is 11.9 Å². The first-order valence-corrected chi connectivity index (χ1v) is 9.90.